The molecule has 4 aromatic rings. The standard InChI is InChI=1S/C33H28N2O4/c36-29(27-19-11-4-12-20-27)21-28(26-17-9-3-10-18-26)30-31(37)35(23-25-15-7-2-8-16-25)33(39)32(38)34(30)22-24-13-5-1-6-14-24/h1-20,28,30H,21-23H2/t28-,30-/m0/s1. The van der Waals surface area contributed by atoms with E-state index in [2.05, 4.69) is 0 Å². The molecule has 1 aliphatic rings. The van der Waals surface area contributed by atoms with Gasteiger partial charge in [-0.15, -0.1) is 0 Å². The minimum absolute atomic E-state index is 0.00360. The molecular weight excluding hydrogens is 488 g/mol. The van der Waals surface area contributed by atoms with Crippen LogP contribution in [-0.4, -0.2) is 39.3 Å². The molecule has 0 radical (unpaired) electrons. The van der Waals surface area contributed by atoms with Gasteiger partial charge in [0.25, 0.3) is 5.91 Å². The number of hydrogen-bond donors (Lipinski definition) is 0. The van der Waals surface area contributed by atoms with Gasteiger partial charge in [-0.05, 0) is 16.7 Å². The van der Waals surface area contributed by atoms with Crippen molar-refractivity contribution in [1.82, 2.24) is 9.80 Å². The summed E-state index contributed by atoms with van der Waals surface area (Å²) in [5.74, 6) is -2.92. The van der Waals surface area contributed by atoms with Crippen molar-refractivity contribution in [3.05, 3.63) is 144 Å². The van der Waals surface area contributed by atoms with Gasteiger partial charge in [0.15, 0.2) is 5.78 Å². The summed E-state index contributed by atoms with van der Waals surface area (Å²) in [6, 6.07) is 35.5. The number of imide groups is 1. The topological polar surface area (TPSA) is 74.8 Å². The average molecular weight is 517 g/mol. The normalized spacial score (nSPS) is 16.3. The summed E-state index contributed by atoms with van der Waals surface area (Å²) >= 11 is 0. The maximum Gasteiger partial charge on any atom is 0.319 e. The summed E-state index contributed by atoms with van der Waals surface area (Å²) in [5, 5.41) is 0. The van der Waals surface area contributed by atoms with Crippen LogP contribution in [0.3, 0.4) is 0 Å². The number of ketones is 1. The number of carbonyl (C=O) groups excluding carboxylic acids is 4. The third kappa shape index (κ3) is 5.70. The highest BCUT2D eigenvalue weighted by Gasteiger charge is 2.49. The van der Waals surface area contributed by atoms with Crippen LogP contribution < -0.4 is 0 Å². The van der Waals surface area contributed by atoms with E-state index in [1.165, 1.54) is 4.90 Å². The Morgan fingerprint density at radius 1 is 0.615 bits per heavy atom. The van der Waals surface area contributed by atoms with Crippen LogP contribution in [0.2, 0.25) is 0 Å². The number of benzene rings is 4. The van der Waals surface area contributed by atoms with Crippen LogP contribution in [0.4, 0.5) is 0 Å². The third-order valence-corrected chi connectivity index (χ3v) is 7.03. The monoisotopic (exact) mass is 516 g/mol. The fourth-order valence-electron chi connectivity index (χ4n) is 5.07. The summed E-state index contributed by atoms with van der Waals surface area (Å²) in [6.45, 7) is 0.0535. The number of carbonyl (C=O) groups is 4. The van der Waals surface area contributed by atoms with Gasteiger partial charge in [-0.3, -0.25) is 24.1 Å². The maximum absolute atomic E-state index is 14.2. The van der Waals surface area contributed by atoms with E-state index in [0.717, 1.165) is 21.6 Å². The highest BCUT2D eigenvalue weighted by Crippen LogP contribution is 2.34. The van der Waals surface area contributed by atoms with Crippen molar-refractivity contribution in [3.8, 4) is 0 Å². The average Bonchev–Trinajstić information content (AvgIpc) is 2.99. The Hall–Kier alpha value is -4.84. The molecule has 0 unspecified atom stereocenters. The van der Waals surface area contributed by atoms with Crippen LogP contribution in [0.1, 0.15) is 39.4 Å². The van der Waals surface area contributed by atoms with Gasteiger partial charge in [0, 0.05) is 24.4 Å². The molecule has 1 aliphatic heterocycles. The predicted octanol–water partition coefficient (Wildman–Crippen LogP) is 5.01. The molecule has 2 atom stereocenters. The number of rotatable bonds is 9. The molecule has 0 N–H and O–H groups in total. The Morgan fingerprint density at radius 2 is 1.10 bits per heavy atom. The Bertz CT molecular complexity index is 1460. The van der Waals surface area contributed by atoms with Gasteiger partial charge in [0.1, 0.15) is 6.04 Å². The number of Topliss-reactive ketones (excluding diaryl/α,β-unsaturated/α-hetero) is 1. The molecule has 0 saturated carbocycles. The second-order valence-corrected chi connectivity index (χ2v) is 9.59. The van der Waals surface area contributed by atoms with Crippen molar-refractivity contribution in [2.75, 3.05) is 0 Å². The van der Waals surface area contributed by atoms with Crippen molar-refractivity contribution in [1.29, 1.82) is 0 Å². The molecule has 194 valence electrons. The van der Waals surface area contributed by atoms with Gasteiger partial charge in [0.2, 0.25) is 0 Å². The van der Waals surface area contributed by atoms with Gasteiger partial charge in [0.05, 0.1) is 6.54 Å². The molecule has 0 spiro atoms. The molecule has 3 amide bonds. The lowest BCUT2D eigenvalue weighted by molar-refractivity contribution is -0.169. The minimum atomic E-state index is -1.05. The molecular formula is C33H28N2O4. The maximum atomic E-state index is 14.2. The van der Waals surface area contributed by atoms with Crippen molar-refractivity contribution in [2.45, 2.75) is 31.5 Å². The molecule has 4 aromatic carbocycles. The number of piperazine rings is 1. The molecule has 0 aliphatic carbocycles. The summed E-state index contributed by atoms with van der Waals surface area (Å²) in [5.41, 5.74) is 2.80. The van der Waals surface area contributed by atoms with Crippen LogP contribution >= 0.6 is 0 Å². The Labute approximate surface area is 227 Å². The van der Waals surface area contributed by atoms with Crippen molar-refractivity contribution >= 4 is 23.5 Å². The first kappa shape index (κ1) is 25.8. The highest BCUT2D eigenvalue weighted by molar-refractivity contribution is 6.40. The molecule has 6 nitrogen and oxygen atoms in total. The van der Waals surface area contributed by atoms with E-state index in [-0.39, 0.29) is 25.3 Å². The molecule has 1 heterocycles. The zero-order chi connectivity index (χ0) is 27.2. The third-order valence-electron chi connectivity index (χ3n) is 7.03. The fourth-order valence-corrected chi connectivity index (χ4v) is 5.07. The van der Waals surface area contributed by atoms with E-state index >= 15 is 0 Å². The largest absolute Gasteiger partial charge is 0.319 e. The van der Waals surface area contributed by atoms with E-state index in [1.54, 1.807) is 24.3 Å². The Balaban J connectivity index is 1.58. The van der Waals surface area contributed by atoms with Crippen molar-refractivity contribution in [2.24, 2.45) is 0 Å². The van der Waals surface area contributed by atoms with E-state index < -0.39 is 29.7 Å². The second-order valence-electron chi connectivity index (χ2n) is 9.59. The molecule has 5 rings (SSSR count). The molecule has 39 heavy (non-hydrogen) atoms. The zero-order valence-electron chi connectivity index (χ0n) is 21.4. The van der Waals surface area contributed by atoms with Gasteiger partial charge in [-0.25, -0.2) is 0 Å². The SMILES string of the molecule is O=C(C[C@@H](c1ccccc1)[C@H]1C(=O)N(Cc2ccccc2)C(=O)C(=O)N1Cc1ccccc1)c1ccccc1. The lowest BCUT2D eigenvalue weighted by Crippen LogP contribution is -2.63. The Morgan fingerprint density at radius 3 is 1.67 bits per heavy atom. The van der Waals surface area contributed by atoms with Crippen LogP contribution in [-0.2, 0) is 27.5 Å². The van der Waals surface area contributed by atoms with Crippen LogP contribution in [0.15, 0.2) is 121 Å². The lowest BCUT2D eigenvalue weighted by atomic mass is 9.82. The molecule has 1 saturated heterocycles. The van der Waals surface area contributed by atoms with Gasteiger partial charge in [-0.2, -0.15) is 0 Å². The van der Waals surface area contributed by atoms with Crippen LogP contribution in [0.25, 0.3) is 0 Å². The molecule has 0 aromatic heterocycles. The lowest BCUT2D eigenvalue weighted by Gasteiger charge is -2.42. The number of amides is 3. The smallest absolute Gasteiger partial charge is 0.317 e. The van der Waals surface area contributed by atoms with E-state index in [9.17, 15) is 19.2 Å². The van der Waals surface area contributed by atoms with Crippen LogP contribution in [0.5, 0.6) is 0 Å². The second kappa shape index (κ2) is 11.7. The van der Waals surface area contributed by atoms with Crippen molar-refractivity contribution in [3.63, 3.8) is 0 Å². The molecule has 0 bridgehead atoms. The zero-order valence-corrected chi connectivity index (χ0v) is 21.4. The summed E-state index contributed by atoms with van der Waals surface area (Å²) in [6.07, 6.45) is -0.00360. The predicted molar refractivity (Wildman–Crippen MR) is 147 cm³/mol. The summed E-state index contributed by atoms with van der Waals surface area (Å²) in [7, 11) is 0. The molecule has 1 fully saturated rings. The van der Waals surface area contributed by atoms with Crippen molar-refractivity contribution < 1.29 is 19.2 Å². The van der Waals surface area contributed by atoms with Gasteiger partial charge < -0.3 is 4.90 Å². The minimum Gasteiger partial charge on any atom is -0.317 e. The Kier molecular flexibility index (Phi) is 7.73. The fraction of sp³-hybridized carbons (Fsp3) is 0.152. The quantitative estimate of drug-likeness (QED) is 0.178. The first-order chi connectivity index (χ1) is 19.0. The first-order valence-electron chi connectivity index (χ1n) is 12.9. The van der Waals surface area contributed by atoms with Gasteiger partial charge in [-0.1, -0.05) is 121 Å². The first-order valence-corrected chi connectivity index (χ1v) is 12.9. The summed E-state index contributed by atoms with van der Waals surface area (Å²) < 4.78 is 0. The van der Waals surface area contributed by atoms with Crippen LogP contribution in [0, 0.1) is 0 Å². The van der Waals surface area contributed by atoms with E-state index in [4.69, 9.17) is 0 Å². The van der Waals surface area contributed by atoms with Gasteiger partial charge >= 0.3 is 11.8 Å². The number of nitrogens with zero attached hydrogens (tertiary/aromatic N) is 2. The summed E-state index contributed by atoms with van der Waals surface area (Å²) in [4.78, 5) is 57.1. The highest BCUT2D eigenvalue weighted by atomic mass is 16.2. The van der Waals surface area contributed by atoms with E-state index in [1.807, 2.05) is 97.1 Å². The number of hydrogen-bond acceptors (Lipinski definition) is 4. The van der Waals surface area contributed by atoms with E-state index in [0.29, 0.717) is 5.56 Å². The molecule has 6 heteroatoms.